The van der Waals surface area contributed by atoms with Crippen LogP contribution >= 0.6 is 23.5 Å². The molecule has 9 heteroatoms. The van der Waals surface area contributed by atoms with Crippen LogP contribution in [0.5, 0.6) is 11.5 Å². The molecule has 0 fully saturated rings. The van der Waals surface area contributed by atoms with Crippen molar-refractivity contribution < 1.29 is 18.7 Å². The number of methoxy groups -OCH3 is 2. The van der Waals surface area contributed by atoms with Gasteiger partial charge in [-0.25, -0.2) is 4.39 Å². The molecule has 0 radical (unpaired) electrons. The van der Waals surface area contributed by atoms with Crippen LogP contribution in [0.3, 0.4) is 0 Å². The van der Waals surface area contributed by atoms with Crippen LogP contribution in [0.1, 0.15) is 10.5 Å². The van der Waals surface area contributed by atoms with E-state index in [0.29, 0.717) is 21.9 Å². The van der Waals surface area contributed by atoms with Crippen molar-refractivity contribution in [3.8, 4) is 11.5 Å². The maximum Gasteiger partial charge on any atom is 0.278 e. The van der Waals surface area contributed by atoms with Gasteiger partial charge in [0.05, 0.1) is 24.8 Å². The maximum absolute atomic E-state index is 13.8. The van der Waals surface area contributed by atoms with Gasteiger partial charge in [-0.05, 0) is 66.5 Å². The van der Waals surface area contributed by atoms with Gasteiger partial charge in [0.2, 0.25) is 0 Å². The van der Waals surface area contributed by atoms with Gasteiger partial charge in [-0.3, -0.25) is 9.52 Å². The molecule has 4 rings (SSSR count). The highest BCUT2D eigenvalue weighted by atomic mass is 35.5. The van der Waals surface area contributed by atoms with Crippen LogP contribution in [-0.2, 0) is 7.05 Å². The molecule has 1 aromatic heterocycles. The Hall–Kier alpha value is -3.36. The minimum absolute atomic E-state index is 0.133. The molecule has 0 saturated carbocycles. The normalized spacial score (nSPS) is 10.8. The highest BCUT2D eigenvalue weighted by Gasteiger charge is 2.18. The van der Waals surface area contributed by atoms with Gasteiger partial charge >= 0.3 is 0 Å². The average Bonchev–Trinajstić information content (AvgIpc) is 3.19. The summed E-state index contributed by atoms with van der Waals surface area (Å²) in [6, 6.07) is 17.2. The van der Waals surface area contributed by atoms with E-state index < -0.39 is 5.82 Å². The number of aromatic nitrogens is 1. The Morgan fingerprint density at radius 1 is 1.03 bits per heavy atom. The Morgan fingerprint density at radius 3 is 2.48 bits per heavy atom. The number of amides is 1. The summed E-state index contributed by atoms with van der Waals surface area (Å²) < 4.78 is 28.6. The van der Waals surface area contributed by atoms with E-state index in [-0.39, 0.29) is 11.7 Å². The molecular formula is C24H21ClFN3O3S. The van der Waals surface area contributed by atoms with Crippen molar-refractivity contribution in [1.29, 1.82) is 0 Å². The lowest BCUT2D eigenvalue weighted by Gasteiger charge is -2.11. The topological polar surface area (TPSA) is 64.5 Å². The van der Waals surface area contributed by atoms with Crippen LogP contribution in [0.25, 0.3) is 10.9 Å². The van der Waals surface area contributed by atoms with Crippen LogP contribution in [0.15, 0.2) is 65.6 Å². The summed E-state index contributed by atoms with van der Waals surface area (Å²) in [5, 5.41) is 4.52. The molecule has 0 atom stereocenters. The third kappa shape index (κ3) is 4.72. The molecule has 0 saturated heterocycles. The van der Waals surface area contributed by atoms with Gasteiger partial charge in [-0.15, -0.1) is 0 Å². The molecule has 0 bridgehead atoms. The summed E-state index contributed by atoms with van der Waals surface area (Å²) in [6.45, 7) is 0. The number of ether oxygens (including phenoxy) is 2. The standard InChI is InChI=1S/C24H21ClFN3O3S/c1-29-21(24(30)28-33-16-7-5-15(31-2)6-8-16)13-17-20(11-9-18(25)23(17)29)27-14-4-10-19(26)22(12-14)32-3/h4-13,27H,1-3H3,(H,28,30). The smallest absolute Gasteiger partial charge is 0.278 e. The van der Waals surface area contributed by atoms with E-state index >= 15 is 0 Å². The molecular weight excluding hydrogens is 465 g/mol. The van der Waals surface area contributed by atoms with Crippen molar-refractivity contribution in [3.63, 3.8) is 0 Å². The Labute approximate surface area is 199 Å². The second-order valence-electron chi connectivity index (χ2n) is 7.13. The zero-order valence-electron chi connectivity index (χ0n) is 18.1. The largest absolute Gasteiger partial charge is 0.497 e. The molecule has 2 N–H and O–H groups in total. The van der Waals surface area contributed by atoms with E-state index in [4.69, 9.17) is 21.1 Å². The Bertz CT molecular complexity index is 1330. The van der Waals surface area contributed by atoms with Crippen LogP contribution in [0.4, 0.5) is 15.8 Å². The second kappa shape index (κ2) is 9.64. The van der Waals surface area contributed by atoms with Gasteiger partial charge in [0, 0.05) is 34.8 Å². The summed E-state index contributed by atoms with van der Waals surface area (Å²) in [4.78, 5) is 13.8. The lowest BCUT2D eigenvalue weighted by molar-refractivity contribution is 0.0977. The van der Waals surface area contributed by atoms with Gasteiger partial charge in [-0.2, -0.15) is 0 Å². The Morgan fingerprint density at radius 2 is 1.79 bits per heavy atom. The summed E-state index contributed by atoms with van der Waals surface area (Å²) in [5.41, 5.74) is 2.51. The first-order valence-corrected chi connectivity index (χ1v) is 11.1. The fourth-order valence-corrected chi connectivity index (χ4v) is 4.32. The van der Waals surface area contributed by atoms with Crippen molar-refractivity contribution >= 4 is 51.7 Å². The zero-order chi connectivity index (χ0) is 23.5. The van der Waals surface area contributed by atoms with Crippen molar-refractivity contribution in [2.75, 3.05) is 19.5 Å². The summed E-state index contributed by atoms with van der Waals surface area (Å²) in [6.07, 6.45) is 0. The lowest BCUT2D eigenvalue weighted by atomic mass is 10.2. The second-order valence-corrected chi connectivity index (χ2v) is 8.42. The molecule has 4 aromatic rings. The summed E-state index contributed by atoms with van der Waals surface area (Å²) >= 11 is 7.67. The SMILES string of the molecule is COc1ccc(SNC(=O)c2cc3c(Nc4ccc(F)c(OC)c4)ccc(Cl)c3n2C)cc1. The van der Waals surface area contributed by atoms with E-state index in [2.05, 4.69) is 10.0 Å². The molecule has 1 heterocycles. The van der Waals surface area contributed by atoms with E-state index in [1.54, 1.807) is 43.0 Å². The molecule has 0 aliphatic heterocycles. The Kier molecular flexibility index (Phi) is 6.67. The fourth-order valence-electron chi connectivity index (χ4n) is 3.44. The Balaban J connectivity index is 1.61. The van der Waals surface area contributed by atoms with Gasteiger partial charge < -0.3 is 19.4 Å². The van der Waals surface area contributed by atoms with Crippen LogP contribution in [-0.4, -0.2) is 24.7 Å². The van der Waals surface area contributed by atoms with Crippen LogP contribution in [0, 0.1) is 5.82 Å². The molecule has 0 spiro atoms. The van der Waals surface area contributed by atoms with Crippen molar-refractivity contribution in [2.24, 2.45) is 7.05 Å². The molecule has 0 aliphatic rings. The van der Waals surface area contributed by atoms with Gasteiger partial charge in [0.25, 0.3) is 5.91 Å². The van der Waals surface area contributed by atoms with Crippen LogP contribution < -0.4 is 19.5 Å². The number of aryl methyl sites for hydroxylation is 1. The molecule has 0 aliphatic carbocycles. The number of hydrogen-bond donors (Lipinski definition) is 2. The zero-order valence-corrected chi connectivity index (χ0v) is 19.7. The van der Waals surface area contributed by atoms with E-state index in [1.807, 2.05) is 30.3 Å². The number of rotatable bonds is 7. The van der Waals surface area contributed by atoms with Crippen molar-refractivity contribution in [2.45, 2.75) is 4.90 Å². The molecule has 33 heavy (non-hydrogen) atoms. The number of nitrogens with zero attached hydrogens (tertiary/aromatic N) is 1. The molecule has 0 unspecified atom stereocenters. The van der Waals surface area contributed by atoms with Gasteiger partial charge in [-0.1, -0.05) is 11.6 Å². The number of carbonyl (C=O) groups excluding carboxylic acids is 1. The quantitative estimate of drug-likeness (QED) is 0.306. The van der Waals surface area contributed by atoms with Crippen LogP contribution in [0.2, 0.25) is 5.02 Å². The number of anilines is 2. The summed E-state index contributed by atoms with van der Waals surface area (Å²) in [7, 11) is 4.80. The number of halogens is 2. The number of benzene rings is 3. The predicted octanol–water partition coefficient (Wildman–Crippen LogP) is 6.17. The highest BCUT2D eigenvalue weighted by molar-refractivity contribution is 7.98. The molecule has 170 valence electrons. The third-order valence-electron chi connectivity index (χ3n) is 5.13. The number of carbonyl (C=O) groups is 1. The predicted molar refractivity (Wildman–Crippen MR) is 130 cm³/mol. The number of nitrogens with one attached hydrogen (secondary N) is 2. The monoisotopic (exact) mass is 485 g/mol. The highest BCUT2D eigenvalue weighted by Crippen LogP contribution is 2.35. The first kappa shape index (κ1) is 22.8. The molecule has 6 nitrogen and oxygen atoms in total. The lowest BCUT2D eigenvalue weighted by Crippen LogP contribution is -2.18. The maximum atomic E-state index is 13.8. The van der Waals surface area contributed by atoms with E-state index in [1.165, 1.54) is 25.1 Å². The average molecular weight is 486 g/mol. The van der Waals surface area contributed by atoms with Gasteiger partial charge in [0.1, 0.15) is 11.4 Å². The minimum atomic E-state index is -0.447. The van der Waals surface area contributed by atoms with E-state index in [0.717, 1.165) is 21.7 Å². The fraction of sp³-hybridized carbons (Fsp3) is 0.125. The molecule has 3 aromatic carbocycles. The first-order valence-electron chi connectivity index (χ1n) is 9.91. The summed E-state index contributed by atoms with van der Waals surface area (Å²) in [5.74, 6) is 0.166. The number of hydrogen-bond acceptors (Lipinski definition) is 5. The van der Waals surface area contributed by atoms with Gasteiger partial charge in [0.15, 0.2) is 11.6 Å². The first-order chi connectivity index (χ1) is 15.9. The molecule has 1 amide bonds. The minimum Gasteiger partial charge on any atom is -0.497 e. The van der Waals surface area contributed by atoms with Crippen molar-refractivity contribution in [3.05, 3.63) is 77.2 Å². The third-order valence-corrected chi connectivity index (χ3v) is 6.23. The number of fused-ring (bicyclic) bond motifs is 1. The van der Waals surface area contributed by atoms with E-state index in [9.17, 15) is 9.18 Å². The van der Waals surface area contributed by atoms with Crippen molar-refractivity contribution in [1.82, 2.24) is 9.29 Å².